The van der Waals surface area contributed by atoms with Gasteiger partial charge in [-0.15, -0.1) is 26.3 Å². The van der Waals surface area contributed by atoms with Crippen molar-refractivity contribution < 1.29 is 40.6 Å². The van der Waals surface area contributed by atoms with Gasteiger partial charge >= 0.3 is 12.7 Å². The number of rotatable bonds is 6. The molecule has 0 heterocycles. The lowest BCUT2D eigenvalue weighted by Crippen LogP contribution is -2.18. The van der Waals surface area contributed by atoms with Crippen molar-refractivity contribution in [2.45, 2.75) is 12.7 Å². The number of hydrogen-bond acceptors (Lipinski definition) is 4. The summed E-state index contributed by atoms with van der Waals surface area (Å²) in [6, 6.07) is 8.40. The SMILES string of the molecule is NCCOc1ccc(-c2ccc(OC(F)(F)F)cc2)cc1OC(F)(F)F. The summed E-state index contributed by atoms with van der Waals surface area (Å²) < 4.78 is 86.9. The first-order valence-electron chi connectivity index (χ1n) is 7.16. The Morgan fingerprint density at radius 1 is 0.731 bits per heavy atom. The Hall–Kier alpha value is -2.62. The van der Waals surface area contributed by atoms with E-state index in [9.17, 15) is 26.3 Å². The molecule has 0 amide bonds. The number of alkyl halides is 6. The van der Waals surface area contributed by atoms with Crippen LogP contribution in [0.25, 0.3) is 11.1 Å². The van der Waals surface area contributed by atoms with Crippen LogP contribution in [0.5, 0.6) is 17.2 Å². The van der Waals surface area contributed by atoms with Gasteiger partial charge < -0.3 is 19.9 Å². The van der Waals surface area contributed by atoms with Crippen LogP contribution < -0.4 is 19.9 Å². The van der Waals surface area contributed by atoms with E-state index in [0.29, 0.717) is 5.56 Å². The molecule has 0 fully saturated rings. The van der Waals surface area contributed by atoms with Gasteiger partial charge in [-0.3, -0.25) is 0 Å². The van der Waals surface area contributed by atoms with Crippen LogP contribution in [-0.2, 0) is 0 Å². The van der Waals surface area contributed by atoms with Crippen molar-refractivity contribution in [3.63, 3.8) is 0 Å². The molecule has 2 aromatic carbocycles. The van der Waals surface area contributed by atoms with Crippen LogP contribution in [-0.4, -0.2) is 25.9 Å². The normalized spacial score (nSPS) is 12.0. The first-order chi connectivity index (χ1) is 12.1. The van der Waals surface area contributed by atoms with Gasteiger partial charge in [0.2, 0.25) is 0 Å². The molecule has 0 unspecified atom stereocenters. The van der Waals surface area contributed by atoms with Gasteiger partial charge in [-0.25, -0.2) is 0 Å². The van der Waals surface area contributed by atoms with Crippen LogP contribution in [0.4, 0.5) is 26.3 Å². The van der Waals surface area contributed by atoms with Crippen molar-refractivity contribution in [3.8, 4) is 28.4 Å². The first-order valence-corrected chi connectivity index (χ1v) is 7.16. The number of nitrogens with two attached hydrogens (primary N) is 1. The molecule has 142 valence electrons. The molecule has 2 rings (SSSR count). The summed E-state index contributed by atoms with van der Waals surface area (Å²) in [6.07, 6.45) is -9.78. The Balaban J connectivity index is 2.29. The maximum Gasteiger partial charge on any atom is 0.573 e. The molecule has 0 aliphatic rings. The van der Waals surface area contributed by atoms with Crippen molar-refractivity contribution in [2.24, 2.45) is 5.73 Å². The van der Waals surface area contributed by atoms with Gasteiger partial charge in [0.05, 0.1) is 0 Å². The zero-order valence-electron chi connectivity index (χ0n) is 13.0. The molecule has 10 heteroatoms. The Bertz CT molecular complexity index is 728. The summed E-state index contributed by atoms with van der Waals surface area (Å²) in [5.74, 6) is -1.19. The van der Waals surface area contributed by atoms with Gasteiger partial charge in [-0.05, 0) is 35.4 Å². The second-order valence-electron chi connectivity index (χ2n) is 4.92. The highest BCUT2D eigenvalue weighted by Crippen LogP contribution is 2.36. The van der Waals surface area contributed by atoms with Gasteiger partial charge in [0.15, 0.2) is 11.5 Å². The predicted molar refractivity (Wildman–Crippen MR) is 79.8 cm³/mol. The van der Waals surface area contributed by atoms with Crippen molar-refractivity contribution in [1.82, 2.24) is 0 Å². The average Bonchev–Trinajstić information content (AvgIpc) is 2.51. The molecule has 2 aromatic rings. The number of halogens is 6. The van der Waals surface area contributed by atoms with E-state index in [4.69, 9.17) is 10.5 Å². The van der Waals surface area contributed by atoms with Crippen molar-refractivity contribution in [2.75, 3.05) is 13.2 Å². The van der Waals surface area contributed by atoms with Crippen molar-refractivity contribution in [3.05, 3.63) is 42.5 Å². The minimum absolute atomic E-state index is 0.0168. The third-order valence-corrected chi connectivity index (χ3v) is 2.97. The third-order valence-electron chi connectivity index (χ3n) is 2.97. The third kappa shape index (κ3) is 6.03. The van der Waals surface area contributed by atoms with E-state index in [-0.39, 0.29) is 24.5 Å². The molecule has 0 aromatic heterocycles. The molecule has 2 N–H and O–H groups in total. The quantitative estimate of drug-likeness (QED) is 0.750. The van der Waals surface area contributed by atoms with Crippen LogP contribution in [0.2, 0.25) is 0 Å². The molecule has 0 aliphatic heterocycles. The molecule has 0 aliphatic carbocycles. The second kappa shape index (κ2) is 7.73. The number of hydrogen-bond donors (Lipinski definition) is 1. The topological polar surface area (TPSA) is 53.7 Å². The summed E-state index contributed by atoms with van der Waals surface area (Å²) in [4.78, 5) is 0. The standard InChI is InChI=1S/C16H13F6NO3/c17-15(18,19)25-12-4-1-10(2-5-12)11-3-6-13(24-8-7-23)14(9-11)26-16(20,21)22/h1-6,9H,7-8,23H2. The van der Waals surface area contributed by atoms with Crippen molar-refractivity contribution >= 4 is 0 Å². The lowest BCUT2D eigenvalue weighted by molar-refractivity contribution is -0.275. The molecule has 0 saturated carbocycles. The molecule has 0 spiro atoms. The number of ether oxygens (including phenoxy) is 3. The fourth-order valence-corrected chi connectivity index (χ4v) is 2.03. The molecular weight excluding hydrogens is 368 g/mol. The van der Waals surface area contributed by atoms with Gasteiger partial charge in [0, 0.05) is 6.54 Å². The van der Waals surface area contributed by atoms with E-state index in [0.717, 1.165) is 18.2 Å². The lowest BCUT2D eigenvalue weighted by Gasteiger charge is -2.15. The van der Waals surface area contributed by atoms with Gasteiger partial charge in [-0.1, -0.05) is 18.2 Å². The highest BCUT2D eigenvalue weighted by atomic mass is 19.4. The van der Waals surface area contributed by atoms with E-state index in [2.05, 4.69) is 9.47 Å². The maximum absolute atomic E-state index is 12.6. The van der Waals surface area contributed by atoms with E-state index >= 15 is 0 Å². The zero-order valence-corrected chi connectivity index (χ0v) is 13.0. The Morgan fingerprint density at radius 2 is 1.31 bits per heavy atom. The van der Waals surface area contributed by atoms with Crippen LogP contribution in [0.3, 0.4) is 0 Å². The second-order valence-corrected chi connectivity index (χ2v) is 4.92. The van der Waals surface area contributed by atoms with E-state index < -0.39 is 24.2 Å². The highest BCUT2D eigenvalue weighted by Gasteiger charge is 2.33. The first kappa shape index (κ1) is 19.7. The van der Waals surface area contributed by atoms with Crippen LogP contribution in [0, 0.1) is 0 Å². The summed E-state index contributed by atoms with van der Waals surface area (Å²) in [5.41, 5.74) is 5.89. The number of benzene rings is 2. The Labute approximate surface area is 144 Å². The summed E-state index contributed by atoms with van der Waals surface area (Å²) >= 11 is 0. The molecule has 26 heavy (non-hydrogen) atoms. The van der Waals surface area contributed by atoms with E-state index in [1.165, 1.54) is 24.3 Å². The monoisotopic (exact) mass is 381 g/mol. The minimum Gasteiger partial charge on any atom is -0.488 e. The predicted octanol–water partition coefficient (Wildman–Crippen LogP) is 4.49. The largest absolute Gasteiger partial charge is 0.573 e. The Morgan fingerprint density at radius 3 is 1.85 bits per heavy atom. The van der Waals surface area contributed by atoms with Crippen molar-refractivity contribution in [1.29, 1.82) is 0 Å². The van der Waals surface area contributed by atoms with Gasteiger partial charge in [0.25, 0.3) is 0 Å². The summed E-state index contributed by atoms with van der Waals surface area (Å²) in [7, 11) is 0. The maximum atomic E-state index is 12.6. The highest BCUT2D eigenvalue weighted by molar-refractivity contribution is 5.67. The van der Waals surface area contributed by atoms with E-state index in [1.807, 2.05) is 0 Å². The van der Waals surface area contributed by atoms with Crippen LogP contribution >= 0.6 is 0 Å². The van der Waals surface area contributed by atoms with Crippen LogP contribution in [0.15, 0.2) is 42.5 Å². The average molecular weight is 381 g/mol. The molecule has 0 radical (unpaired) electrons. The molecular formula is C16H13F6NO3. The fourth-order valence-electron chi connectivity index (χ4n) is 2.03. The minimum atomic E-state index is -4.94. The van der Waals surface area contributed by atoms with Gasteiger partial charge in [-0.2, -0.15) is 0 Å². The smallest absolute Gasteiger partial charge is 0.488 e. The lowest BCUT2D eigenvalue weighted by atomic mass is 10.1. The molecule has 0 atom stereocenters. The molecule has 0 saturated heterocycles. The van der Waals surface area contributed by atoms with Crippen LogP contribution in [0.1, 0.15) is 0 Å². The van der Waals surface area contributed by atoms with Gasteiger partial charge in [0.1, 0.15) is 12.4 Å². The zero-order chi connectivity index (χ0) is 19.4. The Kier molecular flexibility index (Phi) is 5.86. The summed E-state index contributed by atoms with van der Waals surface area (Å²) in [6.45, 7) is 0.0743. The molecule has 4 nitrogen and oxygen atoms in total. The molecule has 0 bridgehead atoms. The van der Waals surface area contributed by atoms with E-state index in [1.54, 1.807) is 0 Å². The fraction of sp³-hybridized carbons (Fsp3) is 0.250. The summed E-state index contributed by atoms with van der Waals surface area (Å²) in [5, 5.41) is 0.